The largest absolute Gasteiger partial charge is 0.378 e. The summed E-state index contributed by atoms with van der Waals surface area (Å²) in [6.45, 7) is 3.95. The fraction of sp³-hybridized carbons (Fsp3) is 0.667. The second-order valence-corrected chi connectivity index (χ2v) is 12.7. The van der Waals surface area contributed by atoms with Crippen LogP contribution < -0.4 is 10.6 Å². The predicted octanol–water partition coefficient (Wildman–Crippen LogP) is 3.12. The SMILES string of the molecule is CC(=O)Nc1ccc(CCS(=O)(=O)N2CCC3(CC2)N=C([C@H]2CC[C@@H](OCCCF)CC2)NC3=O)c(C)c1. The number of amidine groups is 1. The predicted molar refractivity (Wildman–Crippen MR) is 144 cm³/mol. The first kappa shape index (κ1) is 28.6. The summed E-state index contributed by atoms with van der Waals surface area (Å²) in [6, 6.07) is 5.47. The van der Waals surface area contributed by atoms with Crippen molar-refractivity contribution in [3.05, 3.63) is 29.3 Å². The summed E-state index contributed by atoms with van der Waals surface area (Å²) in [4.78, 5) is 29.1. The molecule has 3 aliphatic rings. The highest BCUT2D eigenvalue weighted by Gasteiger charge is 2.48. The van der Waals surface area contributed by atoms with Crippen LogP contribution in [0.15, 0.2) is 23.2 Å². The van der Waals surface area contributed by atoms with Gasteiger partial charge in [-0.25, -0.2) is 12.7 Å². The van der Waals surface area contributed by atoms with Crippen molar-refractivity contribution in [2.45, 2.75) is 76.9 Å². The van der Waals surface area contributed by atoms with Crippen molar-refractivity contribution in [1.29, 1.82) is 0 Å². The topological polar surface area (TPSA) is 117 Å². The molecule has 2 heterocycles. The number of carbonyl (C=O) groups excluding carboxylic acids is 2. The Kier molecular flexibility index (Phi) is 9.20. The molecule has 2 fully saturated rings. The molecule has 11 heteroatoms. The Bertz CT molecular complexity index is 1160. The number of hydrogen-bond donors (Lipinski definition) is 2. The van der Waals surface area contributed by atoms with Crippen molar-refractivity contribution in [2.75, 3.05) is 37.4 Å². The van der Waals surface area contributed by atoms with Gasteiger partial charge < -0.3 is 15.4 Å². The van der Waals surface area contributed by atoms with Gasteiger partial charge in [0.1, 0.15) is 11.4 Å². The Hall–Kier alpha value is -2.37. The zero-order valence-corrected chi connectivity index (χ0v) is 23.1. The van der Waals surface area contributed by atoms with E-state index in [0.717, 1.165) is 42.6 Å². The van der Waals surface area contributed by atoms with Crippen molar-refractivity contribution in [1.82, 2.24) is 9.62 Å². The lowest BCUT2D eigenvalue weighted by molar-refractivity contribution is -0.125. The lowest BCUT2D eigenvalue weighted by Gasteiger charge is -2.34. The van der Waals surface area contributed by atoms with E-state index in [1.54, 1.807) is 6.07 Å². The number of aliphatic imine (C=N–C) groups is 1. The molecular formula is C27H39FN4O5S. The maximum atomic E-state index is 13.1. The van der Waals surface area contributed by atoms with Gasteiger partial charge in [-0.3, -0.25) is 19.0 Å². The van der Waals surface area contributed by atoms with E-state index in [1.165, 1.54) is 11.2 Å². The van der Waals surface area contributed by atoms with Crippen molar-refractivity contribution >= 4 is 33.4 Å². The molecule has 0 radical (unpaired) electrons. The maximum absolute atomic E-state index is 13.1. The third-order valence-corrected chi connectivity index (χ3v) is 9.80. The summed E-state index contributed by atoms with van der Waals surface area (Å²) in [7, 11) is -3.49. The quantitative estimate of drug-likeness (QED) is 0.434. The molecule has 1 aromatic rings. The molecule has 2 N–H and O–H groups in total. The highest BCUT2D eigenvalue weighted by molar-refractivity contribution is 7.89. The molecule has 4 rings (SSSR count). The van der Waals surface area contributed by atoms with Crippen LogP contribution in [-0.4, -0.2) is 74.1 Å². The van der Waals surface area contributed by atoms with Gasteiger partial charge >= 0.3 is 0 Å². The summed E-state index contributed by atoms with van der Waals surface area (Å²) in [5.41, 5.74) is 1.65. The van der Waals surface area contributed by atoms with Crippen LogP contribution in [0.5, 0.6) is 0 Å². The first-order valence-electron chi connectivity index (χ1n) is 13.6. The summed E-state index contributed by atoms with van der Waals surface area (Å²) < 4.78 is 45.7. The van der Waals surface area contributed by atoms with Crippen LogP contribution in [0.2, 0.25) is 0 Å². The minimum absolute atomic E-state index is 0.0162. The number of hydrogen-bond acceptors (Lipinski definition) is 6. The maximum Gasteiger partial charge on any atom is 0.253 e. The molecule has 0 aromatic heterocycles. The minimum Gasteiger partial charge on any atom is -0.378 e. The van der Waals surface area contributed by atoms with Gasteiger partial charge in [0.15, 0.2) is 0 Å². The van der Waals surface area contributed by atoms with E-state index in [1.807, 2.05) is 19.1 Å². The molecule has 2 aliphatic heterocycles. The standard InChI is InChI=1S/C27H39FN4O5S/c1-19-18-23(29-20(2)33)7-4-21(19)10-17-38(35,36)32-14-11-27(12-15-32)26(34)30-25(31-27)22-5-8-24(9-6-22)37-16-3-13-28/h4,7,18,22,24H,3,5-6,8-17H2,1-2H3,(H,29,33)(H,30,31,34)/t22-,24+. The summed E-state index contributed by atoms with van der Waals surface area (Å²) in [5, 5.41) is 5.73. The number of aryl methyl sites for hydroxylation is 2. The summed E-state index contributed by atoms with van der Waals surface area (Å²) >= 11 is 0. The first-order chi connectivity index (χ1) is 18.1. The number of halogens is 1. The summed E-state index contributed by atoms with van der Waals surface area (Å²) in [6.07, 6.45) is 5.12. The lowest BCUT2D eigenvalue weighted by Crippen LogP contribution is -2.51. The normalized spacial score (nSPS) is 23.8. The van der Waals surface area contributed by atoms with E-state index in [0.29, 0.717) is 38.0 Å². The number of amides is 2. The molecule has 1 saturated heterocycles. The number of piperidine rings is 1. The molecule has 210 valence electrons. The minimum atomic E-state index is -3.49. The number of alkyl halides is 1. The third-order valence-electron chi connectivity index (χ3n) is 7.93. The van der Waals surface area contributed by atoms with Crippen molar-refractivity contribution in [3.63, 3.8) is 0 Å². The number of rotatable bonds is 10. The number of anilines is 1. The van der Waals surface area contributed by atoms with E-state index in [-0.39, 0.29) is 49.4 Å². The zero-order chi connectivity index (χ0) is 27.3. The van der Waals surface area contributed by atoms with Gasteiger partial charge in [0.2, 0.25) is 15.9 Å². The molecule has 1 spiro atoms. The van der Waals surface area contributed by atoms with Crippen LogP contribution in [0.3, 0.4) is 0 Å². The van der Waals surface area contributed by atoms with Crippen molar-refractivity contribution in [3.8, 4) is 0 Å². The van der Waals surface area contributed by atoms with Crippen LogP contribution in [0.1, 0.15) is 63.0 Å². The van der Waals surface area contributed by atoms with E-state index < -0.39 is 15.6 Å². The summed E-state index contributed by atoms with van der Waals surface area (Å²) in [5.74, 6) is 0.602. The van der Waals surface area contributed by atoms with Gasteiger partial charge in [-0.1, -0.05) is 6.07 Å². The Morgan fingerprint density at radius 1 is 1.24 bits per heavy atom. The lowest BCUT2D eigenvalue weighted by atomic mass is 9.86. The van der Waals surface area contributed by atoms with Crippen LogP contribution in [-0.2, 0) is 30.8 Å². The Morgan fingerprint density at radius 3 is 2.58 bits per heavy atom. The highest BCUT2D eigenvalue weighted by atomic mass is 32.2. The molecule has 38 heavy (non-hydrogen) atoms. The van der Waals surface area contributed by atoms with Crippen LogP contribution >= 0.6 is 0 Å². The Labute approximate surface area is 224 Å². The fourth-order valence-electron chi connectivity index (χ4n) is 5.64. The van der Waals surface area contributed by atoms with Crippen LogP contribution in [0.4, 0.5) is 10.1 Å². The number of carbonyl (C=O) groups is 2. The van der Waals surface area contributed by atoms with E-state index in [2.05, 4.69) is 10.6 Å². The Balaban J connectivity index is 1.30. The molecule has 1 aliphatic carbocycles. The molecule has 0 atom stereocenters. The number of benzene rings is 1. The highest BCUT2D eigenvalue weighted by Crippen LogP contribution is 2.35. The number of nitrogens with one attached hydrogen (secondary N) is 2. The third kappa shape index (κ3) is 6.79. The first-order valence-corrected chi connectivity index (χ1v) is 15.2. The van der Waals surface area contributed by atoms with Gasteiger partial charge in [-0.05, 0) is 81.5 Å². The van der Waals surface area contributed by atoms with Gasteiger partial charge in [0.05, 0.1) is 18.5 Å². The second kappa shape index (κ2) is 12.2. The molecule has 0 bridgehead atoms. The molecule has 1 aromatic carbocycles. The molecule has 1 saturated carbocycles. The molecule has 2 amide bonds. The number of ether oxygens (including phenoxy) is 1. The second-order valence-electron chi connectivity index (χ2n) is 10.7. The average molecular weight is 551 g/mol. The fourth-order valence-corrected chi connectivity index (χ4v) is 7.12. The molecule has 0 unspecified atom stereocenters. The zero-order valence-electron chi connectivity index (χ0n) is 22.3. The molecular weight excluding hydrogens is 511 g/mol. The van der Waals surface area contributed by atoms with Crippen LogP contribution in [0.25, 0.3) is 0 Å². The van der Waals surface area contributed by atoms with Gasteiger partial charge in [-0.15, -0.1) is 0 Å². The number of nitrogens with zero attached hydrogens (tertiary/aromatic N) is 2. The van der Waals surface area contributed by atoms with E-state index >= 15 is 0 Å². The van der Waals surface area contributed by atoms with Crippen molar-refractivity contribution < 1.29 is 27.1 Å². The molecule has 9 nitrogen and oxygen atoms in total. The monoisotopic (exact) mass is 550 g/mol. The van der Waals surface area contributed by atoms with Crippen molar-refractivity contribution in [2.24, 2.45) is 10.9 Å². The van der Waals surface area contributed by atoms with E-state index in [4.69, 9.17) is 9.73 Å². The van der Waals surface area contributed by atoms with Gasteiger partial charge in [-0.2, -0.15) is 0 Å². The van der Waals surface area contributed by atoms with E-state index in [9.17, 15) is 22.4 Å². The average Bonchev–Trinajstić information content (AvgIpc) is 3.19. The van der Waals surface area contributed by atoms with Gasteiger partial charge in [0, 0.05) is 38.2 Å². The Morgan fingerprint density at radius 2 is 1.95 bits per heavy atom. The van der Waals surface area contributed by atoms with Crippen LogP contribution in [0, 0.1) is 12.8 Å². The number of sulfonamides is 1. The smallest absolute Gasteiger partial charge is 0.253 e. The van der Waals surface area contributed by atoms with Gasteiger partial charge in [0.25, 0.3) is 5.91 Å².